The van der Waals surface area contributed by atoms with E-state index in [2.05, 4.69) is 12.2 Å². The molecule has 0 atom stereocenters. The number of benzene rings is 1. The maximum Gasteiger partial charge on any atom is 0.226 e. The molecule has 0 fully saturated rings. The van der Waals surface area contributed by atoms with Crippen LogP contribution in [0.15, 0.2) is 18.2 Å². The third-order valence-electron chi connectivity index (χ3n) is 2.40. The van der Waals surface area contributed by atoms with Crippen LogP contribution >= 0.6 is 11.6 Å². The number of carbonyl (C=O) groups excluding carboxylic acids is 1. The Kier molecular flexibility index (Phi) is 6.54. The van der Waals surface area contributed by atoms with Crippen LogP contribution in [0.2, 0.25) is 5.02 Å². The Balaban J connectivity index is 2.31. The molecule has 0 radical (unpaired) electrons. The van der Waals surface area contributed by atoms with Crippen molar-refractivity contribution in [2.75, 3.05) is 24.3 Å². The third kappa shape index (κ3) is 5.38. The summed E-state index contributed by atoms with van der Waals surface area (Å²) in [7, 11) is 0. The molecule has 1 amide bonds. The van der Waals surface area contributed by atoms with E-state index in [4.69, 9.17) is 22.1 Å². The highest BCUT2D eigenvalue weighted by Gasteiger charge is 2.05. The van der Waals surface area contributed by atoms with Gasteiger partial charge in [0.25, 0.3) is 0 Å². The van der Waals surface area contributed by atoms with E-state index in [-0.39, 0.29) is 5.91 Å². The number of carbonyl (C=O) groups is 1. The fourth-order valence-electron chi connectivity index (χ4n) is 1.37. The quantitative estimate of drug-likeness (QED) is 0.591. The van der Waals surface area contributed by atoms with Gasteiger partial charge in [0.05, 0.1) is 24.4 Å². The highest BCUT2D eigenvalue weighted by Crippen LogP contribution is 2.22. The standard InChI is InChI=1S/C13H19ClN2O2/c1-2-3-7-18-8-6-13(17)16-12-5-4-10(14)9-11(12)15/h4-5,9H,2-3,6-8,15H2,1H3,(H,16,17). The number of halogens is 1. The molecule has 0 saturated carbocycles. The van der Waals surface area contributed by atoms with E-state index in [1.165, 1.54) is 0 Å². The van der Waals surface area contributed by atoms with Crippen LogP contribution in [0, 0.1) is 0 Å². The van der Waals surface area contributed by atoms with Gasteiger partial charge in [-0.2, -0.15) is 0 Å². The SMILES string of the molecule is CCCCOCCC(=O)Nc1ccc(Cl)cc1N. The minimum atomic E-state index is -0.111. The smallest absolute Gasteiger partial charge is 0.226 e. The number of nitrogens with two attached hydrogens (primary N) is 1. The van der Waals surface area contributed by atoms with Crippen LogP contribution in [0.5, 0.6) is 0 Å². The second-order valence-corrected chi connectivity index (χ2v) is 4.43. The number of amides is 1. The van der Waals surface area contributed by atoms with Crippen LogP contribution in [-0.4, -0.2) is 19.1 Å². The van der Waals surface area contributed by atoms with Crippen molar-refractivity contribution in [3.05, 3.63) is 23.2 Å². The van der Waals surface area contributed by atoms with Crippen molar-refractivity contribution in [1.29, 1.82) is 0 Å². The first-order valence-electron chi connectivity index (χ1n) is 6.06. The molecule has 1 rings (SSSR count). The number of nitrogen functional groups attached to an aromatic ring is 1. The molecule has 3 N–H and O–H groups in total. The molecule has 0 bridgehead atoms. The summed E-state index contributed by atoms with van der Waals surface area (Å²) < 4.78 is 5.32. The highest BCUT2D eigenvalue weighted by molar-refractivity contribution is 6.31. The number of nitrogens with one attached hydrogen (secondary N) is 1. The van der Waals surface area contributed by atoms with Gasteiger partial charge in [0.2, 0.25) is 5.91 Å². The summed E-state index contributed by atoms with van der Waals surface area (Å²) in [6, 6.07) is 4.98. The van der Waals surface area contributed by atoms with Gasteiger partial charge in [0, 0.05) is 11.6 Å². The first-order valence-corrected chi connectivity index (χ1v) is 6.44. The minimum Gasteiger partial charge on any atom is -0.397 e. The first kappa shape index (κ1) is 14.8. The van der Waals surface area contributed by atoms with Crippen LogP contribution < -0.4 is 11.1 Å². The van der Waals surface area contributed by atoms with Gasteiger partial charge < -0.3 is 15.8 Å². The number of hydrogen-bond acceptors (Lipinski definition) is 3. The number of ether oxygens (including phenoxy) is 1. The van der Waals surface area contributed by atoms with Crippen molar-refractivity contribution in [2.24, 2.45) is 0 Å². The second-order valence-electron chi connectivity index (χ2n) is 4.00. The van der Waals surface area contributed by atoms with Crippen molar-refractivity contribution in [2.45, 2.75) is 26.2 Å². The number of hydrogen-bond donors (Lipinski definition) is 2. The van der Waals surface area contributed by atoms with Crippen LogP contribution in [0.4, 0.5) is 11.4 Å². The van der Waals surface area contributed by atoms with Gasteiger partial charge in [-0.25, -0.2) is 0 Å². The molecule has 1 aromatic rings. The van der Waals surface area contributed by atoms with E-state index < -0.39 is 0 Å². The van der Waals surface area contributed by atoms with E-state index in [1.54, 1.807) is 18.2 Å². The number of anilines is 2. The summed E-state index contributed by atoms with van der Waals surface area (Å²) in [6.07, 6.45) is 2.44. The predicted octanol–water partition coefficient (Wildman–Crippen LogP) is 3.07. The average molecular weight is 271 g/mol. The Morgan fingerprint density at radius 2 is 2.22 bits per heavy atom. The molecule has 0 unspecified atom stereocenters. The largest absolute Gasteiger partial charge is 0.397 e. The van der Waals surface area contributed by atoms with Crippen molar-refractivity contribution < 1.29 is 9.53 Å². The van der Waals surface area contributed by atoms with Gasteiger partial charge >= 0.3 is 0 Å². The lowest BCUT2D eigenvalue weighted by atomic mass is 10.2. The lowest BCUT2D eigenvalue weighted by Crippen LogP contribution is -2.15. The molecule has 0 aliphatic heterocycles. The maximum atomic E-state index is 11.6. The lowest BCUT2D eigenvalue weighted by molar-refractivity contribution is -0.117. The molecule has 0 spiro atoms. The summed E-state index contributed by atoms with van der Waals surface area (Å²) in [6.45, 7) is 3.23. The van der Waals surface area contributed by atoms with Crippen molar-refractivity contribution >= 4 is 28.9 Å². The van der Waals surface area contributed by atoms with Gasteiger partial charge in [-0.3, -0.25) is 4.79 Å². The van der Waals surface area contributed by atoms with Gasteiger partial charge in [0.15, 0.2) is 0 Å². The zero-order valence-electron chi connectivity index (χ0n) is 10.5. The van der Waals surface area contributed by atoms with Gasteiger partial charge in [-0.15, -0.1) is 0 Å². The van der Waals surface area contributed by atoms with E-state index in [0.717, 1.165) is 12.8 Å². The van der Waals surface area contributed by atoms with E-state index in [0.29, 0.717) is 36.0 Å². The zero-order chi connectivity index (χ0) is 13.4. The Labute approximate surface area is 112 Å². The molecule has 0 aromatic heterocycles. The molecule has 0 heterocycles. The first-order chi connectivity index (χ1) is 8.63. The molecule has 4 nitrogen and oxygen atoms in total. The third-order valence-corrected chi connectivity index (χ3v) is 2.64. The van der Waals surface area contributed by atoms with Crippen LogP contribution in [0.25, 0.3) is 0 Å². The topological polar surface area (TPSA) is 64.3 Å². The summed E-state index contributed by atoms with van der Waals surface area (Å²) >= 11 is 5.77. The molecule has 100 valence electrons. The monoisotopic (exact) mass is 270 g/mol. The fraction of sp³-hybridized carbons (Fsp3) is 0.462. The van der Waals surface area contributed by atoms with Gasteiger partial charge in [0.1, 0.15) is 0 Å². The minimum absolute atomic E-state index is 0.111. The predicted molar refractivity (Wildman–Crippen MR) is 74.8 cm³/mol. The van der Waals surface area contributed by atoms with Crippen molar-refractivity contribution in [3.8, 4) is 0 Å². The summed E-state index contributed by atoms with van der Waals surface area (Å²) in [5, 5.41) is 3.28. The van der Waals surface area contributed by atoms with Gasteiger partial charge in [-0.1, -0.05) is 24.9 Å². The van der Waals surface area contributed by atoms with Crippen molar-refractivity contribution in [1.82, 2.24) is 0 Å². The molecule has 5 heteroatoms. The Bertz CT molecular complexity index is 397. The summed E-state index contributed by atoms with van der Waals surface area (Å²) in [5.74, 6) is -0.111. The fourth-order valence-corrected chi connectivity index (χ4v) is 1.55. The second kappa shape index (κ2) is 7.95. The normalized spacial score (nSPS) is 10.3. The zero-order valence-corrected chi connectivity index (χ0v) is 11.3. The van der Waals surface area contributed by atoms with Crippen LogP contribution in [0.1, 0.15) is 26.2 Å². The number of unbranched alkanes of at least 4 members (excludes halogenated alkanes) is 1. The molecular weight excluding hydrogens is 252 g/mol. The molecule has 18 heavy (non-hydrogen) atoms. The number of rotatable bonds is 7. The van der Waals surface area contributed by atoms with E-state index in [9.17, 15) is 4.79 Å². The van der Waals surface area contributed by atoms with Gasteiger partial charge in [-0.05, 0) is 24.6 Å². The van der Waals surface area contributed by atoms with E-state index >= 15 is 0 Å². The molecule has 0 aliphatic carbocycles. The molecule has 0 saturated heterocycles. The average Bonchev–Trinajstić information content (AvgIpc) is 2.32. The van der Waals surface area contributed by atoms with Crippen LogP contribution in [-0.2, 0) is 9.53 Å². The Hall–Kier alpha value is -1.26. The van der Waals surface area contributed by atoms with Crippen molar-refractivity contribution in [3.63, 3.8) is 0 Å². The Morgan fingerprint density at radius 3 is 2.89 bits per heavy atom. The Morgan fingerprint density at radius 1 is 1.44 bits per heavy atom. The lowest BCUT2D eigenvalue weighted by Gasteiger charge is -2.08. The highest BCUT2D eigenvalue weighted by atomic mass is 35.5. The maximum absolute atomic E-state index is 11.6. The molecule has 1 aromatic carbocycles. The molecular formula is C13H19ClN2O2. The summed E-state index contributed by atoms with van der Waals surface area (Å²) in [5.41, 5.74) is 6.78. The summed E-state index contributed by atoms with van der Waals surface area (Å²) in [4.78, 5) is 11.6. The van der Waals surface area contributed by atoms with E-state index in [1.807, 2.05) is 0 Å². The molecule has 0 aliphatic rings. The van der Waals surface area contributed by atoms with Crippen LogP contribution in [0.3, 0.4) is 0 Å².